The monoisotopic (exact) mass is 565 g/mol. The summed E-state index contributed by atoms with van der Waals surface area (Å²) in [7, 11) is -1.56. The summed E-state index contributed by atoms with van der Waals surface area (Å²) in [5, 5.41) is 3.21. The summed E-state index contributed by atoms with van der Waals surface area (Å²) in [5.74, 6) is 0.705. The maximum absolute atomic E-state index is 12.6. The molecule has 0 atom stereocenters. The van der Waals surface area contributed by atoms with Crippen molar-refractivity contribution in [3.05, 3.63) is 29.8 Å². The molecule has 8 nitrogen and oxygen atoms in total. The lowest BCUT2D eigenvalue weighted by Crippen LogP contribution is -2.45. The van der Waals surface area contributed by atoms with E-state index < -0.39 is 10.0 Å². The molecule has 1 aromatic rings. The van der Waals surface area contributed by atoms with Crippen molar-refractivity contribution in [2.75, 3.05) is 46.3 Å². The van der Waals surface area contributed by atoms with Gasteiger partial charge in [-0.25, -0.2) is 13.4 Å². The molecule has 0 saturated carbocycles. The van der Waals surface area contributed by atoms with E-state index in [9.17, 15) is 13.2 Å². The third-order valence-corrected chi connectivity index (χ3v) is 7.14. The van der Waals surface area contributed by atoms with Crippen molar-refractivity contribution in [2.24, 2.45) is 4.99 Å². The third-order valence-electron chi connectivity index (χ3n) is 5.22. The molecule has 1 aliphatic rings. The normalized spacial score (nSPS) is 14.8. The number of sulfonamides is 1. The molecule has 10 heteroatoms. The Kier molecular flexibility index (Phi) is 11.8. The van der Waals surface area contributed by atoms with E-state index in [1.54, 1.807) is 33.5 Å². The minimum absolute atomic E-state index is 0. The van der Waals surface area contributed by atoms with Crippen LogP contribution in [0.4, 0.5) is 0 Å². The third kappa shape index (κ3) is 7.60. The summed E-state index contributed by atoms with van der Waals surface area (Å²) in [5.41, 5.74) is 0.911. The highest BCUT2D eigenvalue weighted by Gasteiger charge is 2.26. The predicted octanol–water partition coefficient (Wildman–Crippen LogP) is 2.35. The van der Waals surface area contributed by atoms with Gasteiger partial charge in [0.05, 0.1) is 18.0 Å². The zero-order valence-electron chi connectivity index (χ0n) is 19.0. The average molecular weight is 566 g/mol. The van der Waals surface area contributed by atoms with Crippen LogP contribution in [-0.4, -0.2) is 80.7 Å². The van der Waals surface area contributed by atoms with Crippen LogP contribution >= 0.6 is 24.0 Å². The van der Waals surface area contributed by atoms with Crippen molar-refractivity contribution in [1.82, 2.24) is 19.4 Å². The number of hydrogen-bond donors (Lipinski definition) is 1. The number of halogens is 1. The van der Waals surface area contributed by atoms with Crippen LogP contribution in [0.1, 0.15) is 39.2 Å². The Labute approximate surface area is 204 Å². The lowest BCUT2D eigenvalue weighted by atomic mass is 10.2. The van der Waals surface area contributed by atoms with Gasteiger partial charge >= 0.3 is 0 Å². The van der Waals surface area contributed by atoms with E-state index in [1.807, 2.05) is 32.7 Å². The second-order valence-corrected chi connectivity index (χ2v) is 9.29. The smallest absolute Gasteiger partial charge is 0.243 e. The minimum Gasteiger partial charge on any atom is -0.357 e. The first kappa shape index (κ1) is 27.6. The topological polar surface area (TPSA) is 85.3 Å². The number of carbonyl (C=O) groups excluding carboxylic acids is 1. The van der Waals surface area contributed by atoms with Gasteiger partial charge in [-0.1, -0.05) is 12.1 Å². The summed E-state index contributed by atoms with van der Waals surface area (Å²) < 4.78 is 26.8. The van der Waals surface area contributed by atoms with Crippen LogP contribution in [0.2, 0.25) is 0 Å². The van der Waals surface area contributed by atoms with Crippen LogP contribution in [0.5, 0.6) is 0 Å². The van der Waals surface area contributed by atoms with Crippen molar-refractivity contribution >= 4 is 45.9 Å². The van der Waals surface area contributed by atoms with Crippen LogP contribution in [0.15, 0.2) is 34.2 Å². The number of benzene rings is 1. The molecule has 0 aliphatic carbocycles. The number of guanidine groups is 1. The highest BCUT2D eigenvalue weighted by atomic mass is 127. The highest BCUT2D eigenvalue weighted by molar-refractivity contribution is 14.0. The first-order valence-corrected chi connectivity index (χ1v) is 12.1. The van der Waals surface area contributed by atoms with E-state index in [1.165, 1.54) is 0 Å². The van der Waals surface area contributed by atoms with E-state index in [-0.39, 0.29) is 36.4 Å². The second-order valence-electron chi connectivity index (χ2n) is 7.35. The Morgan fingerprint density at radius 3 is 2.19 bits per heavy atom. The van der Waals surface area contributed by atoms with Crippen molar-refractivity contribution in [1.29, 1.82) is 0 Å². The zero-order chi connectivity index (χ0) is 22.1. The lowest BCUT2D eigenvalue weighted by Gasteiger charge is -2.25. The van der Waals surface area contributed by atoms with Gasteiger partial charge in [0.15, 0.2) is 5.96 Å². The standard InChI is InChI=1S/C21H35N5O3S.HI/c1-5-22-21(24(4)17-20(27)25(6-2)7-3)23-16-18-10-12-19(13-11-18)30(28,29)26-14-8-9-15-26;/h10-13H,5-9,14-17H2,1-4H3,(H,22,23);1H. The van der Waals surface area contributed by atoms with Gasteiger partial charge < -0.3 is 15.1 Å². The molecule has 0 aromatic heterocycles. The fraction of sp³-hybridized carbons (Fsp3) is 0.619. The summed E-state index contributed by atoms with van der Waals surface area (Å²) in [6.07, 6.45) is 1.84. The number of nitrogens with zero attached hydrogens (tertiary/aromatic N) is 4. The first-order valence-electron chi connectivity index (χ1n) is 10.7. The van der Waals surface area contributed by atoms with Crippen molar-refractivity contribution in [3.63, 3.8) is 0 Å². The van der Waals surface area contributed by atoms with Gasteiger partial charge in [-0.2, -0.15) is 4.31 Å². The van der Waals surface area contributed by atoms with Gasteiger partial charge in [0.25, 0.3) is 0 Å². The van der Waals surface area contributed by atoms with Crippen LogP contribution in [0.25, 0.3) is 0 Å². The molecule has 0 spiro atoms. The molecule has 31 heavy (non-hydrogen) atoms. The van der Waals surface area contributed by atoms with Gasteiger partial charge in [-0.3, -0.25) is 4.79 Å². The minimum atomic E-state index is -3.40. The molecule has 1 saturated heterocycles. The molecule has 2 rings (SSSR count). The molecule has 176 valence electrons. The fourth-order valence-corrected chi connectivity index (χ4v) is 4.95. The Hall–Kier alpha value is -1.40. The number of likely N-dealkylation sites (N-methyl/N-ethyl adjacent to an activating group) is 2. The van der Waals surface area contributed by atoms with Crippen LogP contribution in [0.3, 0.4) is 0 Å². The highest BCUT2D eigenvalue weighted by Crippen LogP contribution is 2.21. The van der Waals surface area contributed by atoms with Crippen LogP contribution in [0, 0.1) is 0 Å². The van der Waals surface area contributed by atoms with Gasteiger partial charge in [0.2, 0.25) is 15.9 Å². The molecule has 0 radical (unpaired) electrons. The zero-order valence-corrected chi connectivity index (χ0v) is 22.2. The quantitative estimate of drug-likeness (QED) is 0.283. The fourth-order valence-electron chi connectivity index (χ4n) is 3.43. The maximum Gasteiger partial charge on any atom is 0.243 e. The molecular formula is C21H36IN5O3S. The lowest BCUT2D eigenvalue weighted by molar-refractivity contribution is -0.131. The number of nitrogens with one attached hydrogen (secondary N) is 1. The molecule has 1 aliphatic heterocycles. The molecule has 1 amide bonds. The largest absolute Gasteiger partial charge is 0.357 e. The molecule has 0 unspecified atom stereocenters. The summed E-state index contributed by atoms with van der Waals surface area (Å²) >= 11 is 0. The van der Waals surface area contributed by atoms with Crippen LogP contribution in [-0.2, 0) is 21.4 Å². The Balaban J connectivity index is 0.00000480. The van der Waals surface area contributed by atoms with E-state index in [0.29, 0.717) is 50.1 Å². The van der Waals surface area contributed by atoms with Crippen molar-refractivity contribution in [3.8, 4) is 0 Å². The van der Waals surface area contributed by atoms with Gasteiger partial charge in [-0.15, -0.1) is 24.0 Å². The molecule has 1 fully saturated rings. The molecule has 1 heterocycles. The second kappa shape index (κ2) is 13.2. The van der Waals surface area contributed by atoms with Crippen molar-refractivity contribution < 1.29 is 13.2 Å². The Morgan fingerprint density at radius 2 is 1.68 bits per heavy atom. The van der Waals surface area contributed by atoms with E-state index >= 15 is 0 Å². The van der Waals surface area contributed by atoms with Gasteiger partial charge in [0, 0.05) is 39.8 Å². The van der Waals surface area contributed by atoms with E-state index in [2.05, 4.69) is 10.3 Å². The van der Waals surface area contributed by atoms with Crippen molar-refractivity contribution in [2.45, 2.75) is 45.1 Å². The number of carbonyl (C=O) groups is 1. The van der Waals surface area contributed by atoms with Gasteiger partial charge in [-0.05, 0) is 51.3 Å². The van der Waals surface area contributed by atoms with Gasteiger partial charge in [0.1, 0.15) is 0 Å². The molecule has 0 bridgehead atoms. The summed E-state index contributed by atoms with van der Waals surface area (Å²) in [4.78, 5) is 20.9. The van der Waals surface area contributed by atoms with Crippen LogP contribution < -0.4 is 5.32 Å². The predicted molar refractivity (Wildman–Crippen MR) is 135 cm³/mol. The maximum atomic E-state index is 12.6. The summed E-state index contributed by atoms with van der Waals surface area (Å²) in [6, 6.07) is 6.91. The molecular weight excluding hydrogens is 529 g/mol. The Morgan fingerprint density at radius 1 is 1.10 bits per heavy atom. The first-order chi connectivity index (χ1) is 14.3. The van der Waals surface area contributed by atoms with E-state index in [4.69, 9.17) is 0 Å². The van der Waals surface area contributed by atoms with E-state index in [0.717, 1.165) is 18.4 Å². The Bertz CT molecular complexity index is 820. The average Bonchev–Trinajstić information content (AvgIpc) is 3.28. The number of hydrogen-bond acceptors (Lipinski definition) is 4. The number of rotatable bonds is 9. The summed E-state index contributed by atoms with van der Waals surface area (Å²) in [6.45, 7) is 9.81. The number of aliphatic imine (C=N–C) groups is 1. The SMILES string of the molecule is CCNC(=NCc1ccc(S(=O)(=O)N2CCCC2)cc1)N(C)CC(=O)N(CC)CC.I. The molecule has 1 N–H and O–H groups in total. The molecule has 1 aromatic carbocycles. The number of amides is 1.